The summed E-state index contributed by atoms with van der Waals surface area (Å²) in [6, 6.07) is 6.07. The average Bonchev–Trinajstić information content (AvgIpc) is 2.96. The lowest BCUT2D eigenvalue weighted by Gasteiger charge is -2.37. The van der Waals surface area contributed by atoms with Crippen LogP contribution in [0.2, 0.25) is 10.0 Å². The SMILES string of the molecule is CCS(=O)(=O)c1ccc(Cl)cc1CNC(=O)c1cc(Cl)c(CN2CCN(C(=O)C3CCNCC3)CC2)c(C(F)(F)F)c1. The van der Waals surface area contributed by atoms with Gasteiger partial charge in [-0.05, 0) is 67.4 Å². The predicted molar refractivity (Wildman–Crippen MR) is 154 cm³/mol. The van der Waals surface area contributed by atoms with E-state index in [0.717, 1.165) is 32.0 Å². The molecule has 2 aliphatic heterocycles. The molecule has 0 spiro atoms. The summed E-state index contributed by atoms with van der Waals surface area (Å²) in [6.07, 6.45) is -3.22. The number of nitrogens with one attached hydrogen (secondary N) is 2. The average molecular weight is 650 g/mol. The van der Waals surface area contributed by atoms with Gasteiger partial charge in [0.05, 0.1) is 16.2 Å². The van der Waals surface area contributed by atoms with Crippen molar-refractivity contribution in [1.82, 2.24) is 20.4 Å². The second-order valence-electron chi connectivity index (χ2n) is 10.4. The van der Waals surface area contributed by atoms with Crippen molar-refractivity contribution >= 4 is 44.9 Å². The number of hydrogen-bond donors (Lipinski definition) is 2. The summed E-state index contributed by atoms with van der Waals surface area (Å²) >= 11 is 12.4. The summed E-state index contributed by atoms with van der Waals surface area (Å²) in [5, 5.41) is 5.76. The minimum Gasteiger partial charge on any atom is -0.348 e. The van der Waals surface area contributed by atoms with Crippen molar-refractivity contribution in [1.29, 1.82) is 0 Å². The fourth-order valence-electron chi connectivity index (χ4n) is 5.28. The Hall–Kier alpha value is -2.38. The van der Waals surface area contributed by atoms with Gasteiger partial charge in [-0.2, -0.15) is 13.2 Å². The van der Waals surface area contributed by atoms with Crippen LogP contribution in [-0.2, 0) is 33.9 Å². The second-order valence-corrected chi connectivity index (χ2v) is 13.5. The molecule has 2 aromatic carbocycles. The largest absolute Gasteiger partial charge is 0.416 e. The van der Waals surface area contributed by atoms with Crippen molar-refractivity contribution in [2.75, 3.05) is 45.0 Å². The fourth-order valence-corrected chi connectivity index (χ4v) is 6.87. The highest BCUT2D eigenvalue weighted by atomic mass is 35.5. The molecule has 0 aromatic heterocycles. The molecule has 0 aliphatic carbocycles. The molecule has 0 atom stereocenters. The number of halogens is 5. The first-order chi connectivity index (χ1) is 19.8. The number of nitrogens with zero attached hydrogens (tertiary/aromatic N) is 2. The van der Waals surface area contributed by atoms with Crippen LogP contribution in [0.1, 0.15) is 46.8 Å². The van der Waals surface area contributed by atoms with Crippen molar-refractivity contribution in [3.63, 3.8) is 0 Å². The standard InChI is InChI=1S/C28H33Cl2F3N4O4S/c1-2-42(40,41)25-4-3-21(29)13-20(25)16-35-26(38)19-14-23(28(31,32)33)22(24(30)15-19)17-36-9-11-37(12-10-36)27(39)18-5-7-34-8-6-18/h3-4,13-15,18,34H,2,5-12,16-17H2,1H3,(H,35,38). The molecule has 0 saturated carbocycles. The van der Waals surface area contributed by atoms with Gasteiger partial charge in [-0.3, -0.25) is 14.5 Å². The molecule has 2 saturated heterocycles. The third-order valence-corrected chi connectivity index (χ3v) is 10.1. The zero-order valence-electron chi connectivity index (χ0n) is 23.1. The Kier molecular flexibility index (Phi) is 10.5. The van der Waals surface area contributed by atoms with Crippen LogP contribution in [0.5, 0.6) is 0 Å². The first-order valence-electron chi connectivity index (χ1n) is 13.7. The van der Waals surface area contributed by atoms with Crippen molar-refractivity contribution in [3.05, 3.63) is 62.6 Å². The van der Waals surface area contributed by atoms with Crippen molar-refractivity contribution in [2.24, 2.45) is 5.92 Å². The van der Waals surface area contributed by atoms with E-state index in [1.165, 1.54) is 31.2 Å². The Morgan fingerprint density at radius 3 is 2.33 bits per heavy atom. The van der Waals surface area contributed by atoms with Gasteiger partial charge < -0.3 is 15.5 Å². The molecule has 0 bridgehead atoms. The predicted octanol–water partition coefficient (Wildman–Crippen LogP) is 4.38. The van der Waals surface area contributed by atoms with Crippen LogP contribution in [0.4, 0.5) is 13.2 Å². The lowest BCUT2D eigenvalue weighted by Crippen LogP contribution is -2.51. The van der Waals surface area contributed by atoms with Crippen LogP contribution in [0.25, 0.3) is 0 Å². The number of rotatable bonds is 8. The van der Waals surface area contributed by atoms with E-state index < -0.39 is 27.5 Å². The zero-order valence-corrected chi connectivity index (χ0v) is 25.4. The van der Waals surface area contributed by atoms with Gasteiger partial charge in [-0.15, -0.1) is 0 Å². The molecule has 0 radical (unpaired) electrons. The Morgan fingerprint density at radius 1 is 1.05 bits per heavy atom. The molecule has 0 unspecified atom stereocenters. The molecule has 230 valence electrons. The summed E-state index contributed by atoms with van der Waals surface area (Å²) < 4.78 is 67.4. The van der Waals surface area contributed by atoms with E-state index in [4.69, 9.17) is 23.2 Å². The van der Waals surface area contributed by atoms with Crippen LogP contribution >= 0.6 is 23.2 Å². The van der Waals surface area contributed by atoms with Gasteiger partial charge in [-0.25, -0.2) is 8.42 Å². The number of benzene rings is 2. The van der Waals surface area contributed by atoms with Crippen molar-refractivity contribution in [2.45, 2.75) is 43.9 Å². The van der Waals surface area contributed by atoms with Gasteiger partial charge in [0.1, 0.15) is 0 Å². The lowest BCUT2D eigenvalue weighted by molar-refractivity contribution is -0.138. The van der Waals surface area contributed by atoms with Crippen LogP contribution in [0.3, 0.4) is 0 Å². The highest BCUT2D eigenvalue weighted by Crippen LogP contribution is 2.37. The molecule has 2 heterocycles. The topological polar surface area (TPSA) is 98.8 Å². The van der Waals surface area contributed by atoms with Gasteiger partial charge in [0, 0.05) is 60.8 Å². The van der Waals surface area contributed by atoms with E-state index in [1.807, 2.05) is 4.90 Å². The number of piperazine rings is 1. The van der Waals surface area contributed by atoms with Gasteiger partial charge in [0.15, 0.2) is 9.84 Å². The van der Waals surface area contributed by atoms with Gasteiger partial charge in [-0.1, -0.05) is 30.1 Å². The van der Waals surface area contributed by atoms with Gasteiger partial charge >= 0.3 is 6.18 Å². The molecule has 2 N–H and O–H groups in total. The first-order valence-corrected chi connectivity index (χ1v) is 16.1. The van der Waals surface area contributed by atoms with E-state index >= 15 is 0 Å². The molecule has 42 heavy (non-hydrogen) atoms. The normalized spacial score (nSPS) is 17.3. The summed E-state index contributed by atoms with van der Waals surface area (Å²) in [6.45, 7) is 4.34. The number of piperidine rings is 1. The number of amides is 2. The van der Waals surface area contributed by atoms with Crippen LogP contribution in [-0.4, -0.2) is 75.1 Å². The third-order valence-electron chi connectivity index (χ3n) is 7.69. The number of carbonyl (C=O) groups excluding carboxylic acids is 2. The summed E-state index contributed by atoms with van der Waals surface area (Å²) in [7, 11) is -3.63. The Bertz CT molecular complexity index is 1420. The molecule has 4 rings (SSSR count). The molecular weight excluding hydrogens is 616 g/mol. The number of sulfone groups is 1. The third kappa shape index (κ3) is 7.76. The van der Waals surface area contributed by atoms with E-state index in [9.17, 15) is 31.2 Å². The maximum Gasteiger partial charge on any atom is 0.416 e. The molecule has 2 aromatic rings. The highest BCUT2D eigenvalue weighted by molar-refractivity contribution is 7.91. The minimum atomic E-state index is -4.78. The highest BCUT2D eigenvalue weighted by Gasteiger charge is 2.36. The van der Waals surface area contributed by atoms with Crippen molar-refractivity contribution in [3.8, 4) is 0 Å². The van der Waals surface area contributed by atoms with E-state index in [2.05, 4.69) is 10.6 Å². The molecular formula is C28H33Cl2F3N4O4S. The van der Waals surface area contributed by atoms with Crippen LogP contribution in [0.15, 0.2) is 35.2 Å². The maximum atomic E-state index is 14.2. The maximum absolute atomic E-state index is 14.2. The van der Waals surface area contributed by atoms with Crippen molar-refractivity contribution < 1.29 is 31.2 Å². The summed E-state index contributed by atoms with van der Waals surface area (Å²) in [5.41, 5.74) is -1.26. The number of carbonyl (C=O) groups is 2. The van der Waals surface area contributed by atoms with Gasteiger partial charge in [0.25, 0.3) is 5.91 Å². The van der Waals surface area contributed by atoms with Crippen LogP contribution < -0.4 is 10.6 Å². The molecule has 2 aliphatic rings. The Labute approximate surface area is 253 Å². The fraction of sp³-hybridized carbons (Fsp3) is 0.500. The molecule has 2 fully saturated rings. The first kappa shape index (κ1) is 32.5. The Balaban J connectivity index is 1.47. The van der Waals surface area contributed by atoms with E-state index in [1.54, 1.807) is 4.90 Å². The zero-order chi connectivity index (χ0) is 30.7. The van der Waals surface area contributed by atoms with E-state index in [0.29, 0.717) is 26.2 Å². The monoisotopic (exact) mass is 648 g/mol. The smallest absolute Gasteiger partial charge is 0.348 e. The Morgan fingerprint density at radius 2 is 1.71 bits per heavy atom. The van der Waals surface area contributed by atoms with Gasteiger partial charge in [0.2, 0.25) is 5.91 Å². The number of hydrogen-bond acceptors (Lipinski definition) is 6. The molecule has 2 amide bonds. The summed E-state index contributed by atoms with van der Waals surface area (Å²) in [4.78, 5) is 29.3. The second kappa shape index (κ2) is 13.5. The quantitative estimate of drug-likeness (QED) is 0.441. The molecule has 8 nitrogen and oxygen atoms in total. The minimum absolute atomic E-state index is 0.0170. The van der Waals surface area contributed by atoms with E-state index in [-0.39, 0.29) is 62.3 Å². The lowest BCUT2D eigenvalue weighted by atomic mass is 9.96. The van der Waals surface area contributed by atoms with Crippen LogP contribution in [0, 0.1) is 5.92 Å². The summed E-state index contributed by atoms with van der Waals surface area (Å²) in [5.74, 6) is -0.952. The molecule has 14 heteroatoms. The number of alkyl halides is 3.